The van der Waals surface area contributed by atoms with Crippen LogP contribution in [-0.4, -0.2) is 18.9 Å². The minimum Gasteiger partial charge on any atom is -0.496 e. The van der Waals surface area contributed by atoms with Crippen LogP contribution in [0.25, 0.3) is 0 Å². The van der Waals surface area contributed by atoms with Crippen LogP contribution >= 0.6 is 22.6 Å². The summed E-state index contributed by atoms with van der Waals surface area (Å²) in [5.41, 5.74) is 4.69. The summed E-state index contributed by atoms with van der Waals surface area (Å²) in [4.78, 5) is 23.5. The van der Waals surface area contributed by atoms with Crippen LogP contribution in [0.2, 0.25) is 0 Å². The van der Waals surface area contributed by atoms with Gasteiger partial charge in [-0.3, -0.25) is 20.4 Å². The van der Waals surface area contributed by atoms with Crippen LogP contribution in [0.15, 0.2) is 18.2 Å². The SMILES string of the molecule is COc1ccc(C(=O)NNC(=O)C(C)(C)C)cc1I. The number of nitrogens with one attached hydrogen (secondary N) is 2. The molecule has 104 valence electrons. The van der Waals surface area contributed by atoms with Gasteiger partial charge in [-0.25, -0.2) is 0 Å². The molecule has 0 saturated carbocycles. The van der Waals surface area contributed by atoms with Crippen LogP contribution in [0.4, 0.5) is 0 Å². The van der Waals surface area contributed by atoms with Gasteiger partial charge in [0, 0.05) is 11.0 Å². The van der Waals surface area contributed by atoms with E-state index in [2.05, 4.69) is 33.4 Å². The van der Waals surface area contributed by atoms with Crippen LogP contribution in [0.1, 0.15) is 31.1 Å². The zero-order chi connectivity index (χ0) is 14.6. The molecule has 0 spiro atoms. The molecule has 1 aromatic rings. The third kappa shape index (κ3) is 4.38. The van der Waals surface area contributed by atoms with Crippen molar-refractivity contribution in [2.45, 2.75) is 20.8 Å². The number of carbonyl (C=O) groups excluding carboxylic acids is 2. The number of ether oxygens (including phenoxy) is 1. The van der Waals surface area contributed by atoms with Crippen LogP contribution in [0.3, 0.4) is 0 Å². The monoisotopic (exact) mass is 376 g/mol. The normalized spacial score (nSPS) is 10.8. The van der Waals surface area contributed by atoms with E-state index >= 15 is 0 Å². The third-order valence-electron chi connectivity index (χ3n) is 2.38. The Kier molecular flexibility index (Phi) is 5.16. The summed E-state index contributed by atoms with van der Waals surface area (Å²) in [5.74, 6) is 0.0955. The van der Waals surface area contributed by atoms with Gasteiger partial charge < -0.3 is 4.74 Å². The van der Waals surface area contributed by atoms with E-state index in [1.165, 1.54) is 0 Å². The summed E-state index contributed by atoms with van der Waals surface area (Å²) in [5, 5.41) is 0. The van der Waals surface area contributed by atoms with E-state index in [4.69, 9.17) is 4.74 Å². The quantitative estimate of drug-likeness (QED) is 0.614. The first-order chi connectivity index (χ1) is 8.75. The molecule has 5 nitrogen and oxygen atoms in total. The first kappa shape index (κ1) is 15.7. The van der Waals surface area contributed by atoms with Crippen LogP contribution in [0, 0.1) is 8.99 Å². The van der Waals surface area contributed by atoms with Crippen molar-refractivity contribution in [2.75, 3.05) is 7.11 Å². The van der Waals surface area contributed by atoms with Crippen molar-refractivity contribution in [1.29, 1.82) is 0 Å². The molecular formula is C13H17IN2O3. The largest absolute Gasteiger partial charge is 0.496 e. The second kappa shape index (κ2) is 6.23. The summed E-state index contributed by atoms with van der Waals surface area (Å²) >= 11 is 2.08. The Bertz CT molecular complexity index is 495. The van der Waals surface area contributed by atoms with E-state index in [0.29, 0.717) is 11.3 Å². The lowest BCUT2D eigenvalue weighted by Crippen LogP contribution is -2.46. The molecule has 0 fully saturated rings. The lowest BCUT2D eigenvalue weighted by atomic mass is 9.96. The Balaban J connectivity index is 2.69. The van der Waals surface area contributed by atoms with E-state index in [-0.39, 0.29) is 11.8 Å². The summed E-state index contributed by atoms with van der Waals surface area (Å²) in [6, 6.07) is 5.04. The summed E-state index contributed by atoms with van der Waals surface area (Å²) in [7, 11) is 1.57. The Labute approximate surface area is 126 Å². The van der Waals surface area contributed by atoms with Gasteiger partial charge in [-0.1, -0.05) is 20.8 Å². The van der Waals surface area contributed by atoms with Crippen molar-refractivity contribution < 1.29 is 14.3 Å². The highest BCUT2D eigenvalue weighted by Crippen LogP contribution is 2.21. The van der Waals surface area contributed by atoms with E-state index in [1.54, 1.807) is 46.1 Å². The highest BCUT2D eigenvalue weighted by molar-refractivity contribution is 14.1. The molecule has 6 heteroatoms. The van der Waals surface area contributed by atoms with Crippen LogP contribution in [-0.2, 0) is 4.79 Å². The maximum absolute atomic E-state index is 11.9. The summed E-state index contributed by atoms with van der Waals surface area (Å²) in [6.45, 7) is 5.31. The smallest absolute Gasteiger partial charge is 0.269 e. The number of hydrogen-bond donors (Lipinski definition) is 2. The molecule has 1 rings (SSSR count). The number of hydrogen-bond acceptors (Lipinski definition) is 3. The molecule has 0 aliphatic heterocycles. The van der Waals surface area contributed by atoms with Gasteiger partial charge in [0.1, 0.15) is 5.75 Å². The first-order valence-electron chi connectivity index (χ1n) is 5.70. The maximum Gasteiger partial charge on any atom is 0.269 e. The van der Waals surface area contributed by atoms with E-state index in [0.717, 1.165) is 3.57 Å². The van der Waals surface area contributed by atoms with Crippen LogP contribution < -0.4 is 15.6 Å². The van der Waals surface area contributed by atoms with Gasteiger partial charge in [-0.2, -0.15) is 0 Å². The number of carbonyl (C=O) groups is 2. The lowest BCUT2D eigenvalue weighted by Gasteiger charge is -2.18. The summed E-state index contributed by atoms with van der Waals surface area (Å²) in [6.07, 6.45) is 0. The molecule has 0 radical (unpaired) electrons. The molecule has 2 amide bonds. The van der Waals surface area contributed by atoms with Gasteiger partial charge in [0.2, 0.25) is 5.91 Å². The topological polar surface area (TPSA) is 67.4 Å². The summed E-state index contributed by atoms with van der Waals surface area (Å²) < 4.78 is 5.94. The molecular weight excluding hydrogens is 359 g/mol. The number of methoxy groups -OCH3 is 1. The van der Waals surface area contributed by atoms with Crippen molar-refractivity contribution in [3.05, 3.63) is 27.3 Å². The van der Waals surface area contributed by atoms with Gasteiger partial charge in [0.15, 0.2) is 0 Å². The predicted octanol–water partition coefficient (Wildman–Crippen LogP) is 2.11. The Morgan fingerprint density at radius 1 is 1.21 bits per heavy atom. The Morgan fingerprint density at radius 2 is 1.84 bits per heavy atom. The number of benzene rings is 1. The average Bonchev–Trinajstić information content (AvgIpc) is 2.34. The fourth-order valence-corrected chi connectivity index (χ4v) is 1.92. The highest BCUT2D eigenvalue weighted by atomic mass is 127. The van der Waals surface area contributed by atoms with Gasteiger partial charge in [0.25, 0.3) is 5.91 Å². The number of halogens is 1. The highest BCUT2D eigenvalue weighted by Gasteiger charge is 2.21. The molecule has 0 aromatic heterocycles. The standard InChI is InChI=1S/C13H17IN2O3/c1-13(2,3)12(18)16-15-11(17)8-5-6-10(19-4)9(14)7-8/h5-7H,1-4H3,(H,15,17)(H,16,18). The fourth-order valence-electron chi connectivity index (χ4n) is 1.18. The second-order valence-electron chi connectivity index (χ2n) is 5.01. The predicted molar refractivity (Wildman–Crippen MR) is 80.8 cm³/mol. The Hall–Kier alpha value is -1.31. The maximum atomic E-state index is 11.9. The van der Waals surface area contributed by atoms with Crippen molar-refractivity contribution in [3.63, 3.8) is 0 Å². The zero-order valence-corrected chi connectivity index (χ0v) is 13.5. The molecule has 0 saturated heterocycles. The second-order valence-corrected chi connectivity index (χ2v) is 6.17. The van der Waals surface area contributed by atoms with Gasteiger partial charge in [0.05, 0.1) is 10.7 Å². The molecule has 0 aliphatic carbocycles. The molecule has 0 unspecified atom stereocenters. The molecule has 1 aromatic carbocycles. The van der Waals surface area contributed by atoms with Gasteiger partial charge >= 0.3 is 0 Å². The average molecular weight is 376 g/mol. The van der Waals surface area contributed by atoms with E-state index < -0.39 is 5.41 Å². The zero-order valence-electron chi connectivity index (χ0n) is 11.3. The third-order valence-corrected chi connectivity index (χ3v) is 3.23. The first-order valence-corrected chi connectivity index (χ1v) is 6.78. The molecule has 0 heterocycles. The minimum absolute atomic E-state index is 0.246. The number of rotatable bonds is 2. The lowest BCUT2D eigenvalue weighted by molar-refractivity contribution is -0.129. The van der Waals surface area contributed by atoms with Crippen molar-refractivity contribution in [1.82, 2.24) is 10.9 Å². The molecule has 0 aliphatic rings. The Morgan fingerprint density at radius 3 is 2.32 bits per heavy atom. The number of hydrazine groups is 1. The molecule has 2 N–H and O–H groups in total. The fraction of sp³-hybridized carbons (Fsp3) is 0.385. The minimum atomic E-state index is -0.554. The van der Waals surface area contributed by atoms with Crippen molar-refractivity contribution in [3.8, 4) is 5.75 Å². The molecule has 0 bridgehead atoms. The van der Waals surface area contributed by atoms with Gasteiger partial charge in [-0.05, 0) is 40.8 Å². The van der Waals surface area contributed by atoms with E-state index in [9.17, 15) is 9.59 Å². The van der Waals surface area contributed by atoms with Crippen LogP contribution in [0.5, 0.6) is 5.75 Å². The number of amides is 2. The van der Waals surface area contributed by atoms with Crippen molar-refractivity contribution in [2.24, 2.45) is 5.41 Å². The molecule has 19 heavy (non-hydrogen) atoms. The molecule has 0 atom stereocenters. The van der Waals surface area contributed by atoms with Gasteiger partial charge in [-0.15, -0.1) is 0 Å². The van der Waals surface area contributed by atoms with E-state index in [1.807, 2.05) is 0 Å². The van der Waals surface area contributed by atoms with Crippen molar-refractivity contribution >= 4 is 34.4 Å².